The van der Waals surface area contributed by atoms with E-state index in [-0.39, 0.29) is 30.0 Å². The van der Waals surface area contributed by atoms with E-state index in [1.54, 1.807) is 6.07 Å². The van der Waals surface area contributed by atoms with Crippen LogP contribution in [0.5, 0.6) is 0 Å². The molecule has 1 aromatic carbocycles. The van der Waals surface area contributed by atoms with E-state index in [4.69, 9.17) is 4.74 Å². The number of carbonyl (C=O) groups is 2. The maximum Gasteiger partial charge on any atom is 0.407 e. The molecular formula is C20H24F2N4O3. The Labute approximate surface area is 167 Å². The lowest BCUT2D eigenvalue weighted by Gasteiger charge is -2.14. The zero-order valence-electron chi connectivity index (χ0n) is 16.3. The predicted octanol–water partition coefficient (Wildman–Crippen LogP) is 3.64. The number of H-pyrrole nitrogens is 1. The van der Waals surface area contributed by atoms with Gasteiger partial charge in [0.25, 0.3) is 0 Å². The number of hydrogen-bond donors (Lipinski definition) is 3. The van der Waals surface area contributed by atoms with Gasteiger partial charge in [-0.15, -0.1) is 0 Å². The topological polar surface area (TPSA) is 96.1 Å². The van der Waals surface area contributed by atoms with Crippen LogP contribution < -0.4 is 10.6 Å². The summed E-state index contributed by atoms with van der Waals surface area (Å²) >= 11 is 0. The highest BCUT2D eigenvalue weighted by Gasteiger charge is 2.30. The summed E-state index contributed by atoms with van der Waals surface area (Å²) < 4.78 is 31.9. The number of rotatable bonds is 6. The molecule has 3 N–H and O–H groups in total. The number of halogens is 2. The third-order valence-corrected chi connectivity index (χ3v) is 4.66. The minimum absolute atomic E-state index is 0.0161. The zero-order chi connectivity index (χ0) is 21.0. The van der Waals surface area contributed by atoms with Gasteiger partial charge in [-0.3, -0.25) is 9.89 Å². The summed E-state index contributed by atoms with van der Waals surface area (Å²) in [6, 6.07) is 4.74. The number of benzene rings is 1. The van der Waals surface area contributed by atoms with Crippen molar-refractivity contribution in [2.75, 3.05) is 5.32 Å². The number of aromatic amines is 1. The molecule has 1 aliphatic carbocycles. The van der Waals surface area contributed by atoms with E-state index in [1.807, 2.05) is 13.8 Å². The van der Waals surface area contributed by atoms with E-state index in [0.717, 1.165) is 36.7 Å². The van der Waals surface area contributed by atoms with Crippen molar-refractivity contribution in [3.8, 4) is 0 Å². The number of anilines is 1. The van der Waals surface area contributed by atoms with Crippen LogP contribution in [0.1, 0.15) is 50.3 Å². The number of hydrogen-bond acceptors (Lipinski definition) is 4. The summed E-state index contributed by atoms with van der Waals surface area (Å²) in [5, 5.41) is 12.3. The maximum atomic E-state index is 13.2. The summed E-state index contributed by atoms with van der Waals surface area (Å²) in [7, 11) is 0. The molecule has 29 heavy (non-hydrogen) atoms. The van der Waals surface area contributed by atoms with Gasteiger partial charge in [-0.1, -0.05) is 0 Å². The molecule has 1 aromatic heterocycles. The fourth-order valence-electron chi connectivity index (χ4n) is 3.45. The Morgan fingerprint density at radius 2 is 1.93 bits per heavy atom. The third kappa shape index (κ3) is 6.00. The molecule has 0 saturated heterocycles. The summed E-state index contributed by atoms with van der Waals surface area (Å²) in [6.07, 6.45) is 1.50. The number of alkyl carbamates (subject to hydrolysis) is 1. The van der Waals surface area contributed by atoms with Crippen LogP contribution in [-0.2, 0) is 16.0 Å². The highest BCUT2D eigenvalue weighted by atomic mass is 19.1. The summed E-state index contributed by atoms with van der Waals surface area (Å²) in [4.78, 5) is 23.8. The fraction of sp³-hybridized carbons (Fsp3) is 0.450. The molecule has 9 heteroatoms. The van der Waals surface area contributed by atoms with Gasteiger partial charge in [0.1, 0.15) is 17.7 Å². The molecule has 1 saturated carbocycles. The lowest BCUT2D eigenvalue weighted by atomic mass is 10.0. The fourth-order valence-corrected chi connectivity index (χ4v) is 3.45. The van der Waals surface area contributed by atoms with Crippen LogP contribution in [0.3, 0.4) is 0 Å². The Morgan fingerprint density at radius 3 is 2.62 bits per heavy atom. The van der Waals surface area contributed by atoms with Crippen molar-refractivity contribution in [1.82, 2.24) is 15.5 Å². The second-order valence-electron chi connectivity index (χ2n) is 7.55. The van der Waals surface area contributed by atoms with E-state index in [2.05, 4.69) is 20.8 Å². The smallest absolute Gasteiger partial charge is 0.407 e. The third-order valence-electron chi connectivity index (χ3n) is 4.66. The number of amides is 2. The monoisotopic (exact) mass is 406 g/mol. The highest BCUT2D eigenvalue weighted by molar-refractivity contribution is 5.91. The second kappa shape index (κ2) is 9.02. The summed E-state index contributed by atoms with van der Waals surface area (Å²) in [5.74, 6) is -1.40. The van der Waals surface area contributed by atoms with Crippen molar-refractivity contribution in [3.63, 3.8) is 0 Å². The molecule has 1 aliphatic rings. The predicted molar refractivity (Wildman–Crippen MR) is 102 cm³/mol. The Bertz CT molecular complexity index is 864. The van der Waals surface area contributed by atoms with Gasteiger partial charge < -0.3 is 15.4 Å². The van der Waals surface area contributed by atoms with Gasteiger partial charge in [-0.05, 0) is 50.8 Å². The SMILES string of the molecule is CC(C)NC(=O)O[C@@H]1CC[C@H](c2cc(NC(=O)Cc3cc(F)cc(F)c3)n[nH]2)C1. The Hall–Kier alpha value is -2.97. The first-order chi connectivity index (χ1) is 13.8. The van der Waals surface area contributed by atoms with Gasteiger partial charge in [-0.25, -0.2) is 13.6 Å². The zero-order valence-corrected chi connectivity index (χ0v) is 16.3. The molecule has 7 nitrogen and oxygen atoms in total. The molecular weight excluding hydrogens is 382 g/mol. The van der Waals surface area contributed by atoms with E-state index in [0.29, 0.717) is 12.2 Å². The van der Waals surface area contributed by atoms with Crippen molar-refractivity contribution < 1.29 is 23.1 Å². The summed E-state index contributed by atoms with van der Waals surface area (Å²) in [6.45, 7) is 3.73. The van der Waals surface area contributed by atoms with Crippen LogP contribution in [0, 0.1) is 11.6 Å². The van der Waals surface area contributed by atoms with Crippen molar-refractivity contribution in [3.05, 3.63) is 47.2 Å². The maximum absolute atomic E-state index is 13.2. The molecule has 0 spiro atoms. The second-order valence-corrected chi connectivity index (χ2v) is 7.55. The van der Waals surface area contributed by atoms with E-state index in [9.17, 15) is 18.4 Å². The number of ether oxygens (including phenoxy) is 1. The molecule has 1 heterocycles. The highest BCUT2D eigenvalue weighted by Crippen LogP contribution is 2.35. The van der Waals surface area contributed by atoms with Crippen molar-refractivity contribution in [2.24, 2.45) is 0 Å². The van der Waals surface area contributed by atoms with E-state index in [1.165, 1.54) is 0 Å². The first kappa shape index (κ1) is 20.8. The number of nitrogens with zero attached hydrogens (tertiary/aromatic N) is 1. The van der Waals surface area contributed by atoms with Crippen LogP contribution in [-0.4, -0.2) is 34.3 Å². The quantitative estimate of drug-likeness (QED) is 0.682. The average Bonchev–Trinajstić information content (AvgIpc) is 3.22. The number of aromatic nitrogens is 2. The minimum atomic E-state index is -0.727. The summed E-state index contributed by atoms with van der Waals surface area (Å²) in [5.41, 5.74) is 1.08. The standard InChI is InChI=1S/C20H24F2N4O3/c1-11(2)23-20(28)29-16-4-3-13(8-16)17-10-18(26-25-17)24-19(27)7-12-5-14(21)9-15(22)6-12/h5-6,9-11,13,16H,3-4,7-8H2,1-2H3,(H,23,28)(H2,24,25,26,27)/t13-,16+/m0/s1. The van der Waals surface area contributed by atoms with Gasteiger partial charge in [0.2, 0.25) is 5.91 Å². The molecule has 2 atom stereocenters. The van der Waals surface area contributed by atoms with Crippen LogP contribution in [0.25, 0.3) is 0 Å². The molecule has 0 unspecified atom stereocenters. The molecule has 0 radical (unpaired) electrons. The normalized spacial score (nSPS) is 18.7. The molecule has 0 bridgehead atoms. The Kier molecular flexibility index (Phi) is 6.46. The average molecular weight is 406 g/mol. The number of nitrogens with one attached hydrogen (secondary N) is 3. The minimum Gasteiger partial charge on any atom is -0.446 e. The largest absolute Gasteiger partial charge is 0.446 e. The van der Waals surface area contributed by atoms with E-state index >= 15 is 0 Å². The van der Waals surface area contributed by atoms with Gasteiger partial charge in [0, 0.05) is 29.8 Å². The van der Waals surface area contributed by atoms with Crippen molar-refractivity contribution in [1.29, 1.82) is 0 Å². The van der Waals surface area contributed by atoms with Gasteiger partial charge >= 0.3 is 6.09 Å². The van der Waals surface area contributed by atoms with Gasteiger partial charge in [-0.2, -0.15) is 5.10 Å². The van der Waals surface area contributed by atoms with Crippen LogP contribution in [0.2, 0.25) is 0 Å². The Morgan fingerprint density at radius 1 is 1.21 bits per heavy atom. The first-order valence-electron chi connectivity index (χ1n) is 9.55. The lowest BCUT2D eigenvalue weighted by molar-refractivity contribution is -0.115. The molecule has 1 fully saturated rings. The van der Waals surface area contributed by atoms with Crippen LogP contribution >= 0.6 is 0 Å². The van der Waals surface area contributed by atoms with Gasteiger partial charge in [0.05, 0.1) is 6.42 Å². The molecule has 156 valence electrons. The van der Waals surface area contributed by atoms with Crippen LogP contribution in [0.4, 0.5) is 19.4 Å². The van der Waals surface area contributed by atoms with E-state index < -0.39 is 23.6 Å². The molecule has 0 aliphatic heterocycles. The van der Waals surface area contributed by atoms with Gasteiger partial charge in [0.15, 0.2) is 5.82 Å². The Balaban J connectivity index is 1.51. The lowest BCUT2D eigenvalue weighted by Crippen LogP contribution is -2.33. The van der Waals surface area contributed by atoms with Crippen LogP contribution in [0.15, 0.2) is 24.3 Å². The molecule has 2 aromatic rings. The van der Waals surface area contributed by atoms with Crippen molar-refractivity contribution >= 4 is 17.8 Å². The first-order valence-corrected chi connectivity index (χ1v) is 9.55. The van der Waals surface area contributed by atoms with Crippen molar-refractivity contribution in [2.45, 2.75) is 57.6 Å². The molecule has 3 rings (SSSR count). The molecule has 2 amide bonds. The number of carbonyl (C=O) groups excluding carboxylic acids is 2.